The van der Waals surface area contributed by atoms with Crippen LogP contribution in [0, 0.1) is 0 Å². The fourth-order valence-electron chi connectivity index (χ4n) is 3.67. The Labute approximate surface area is 185 Å². The first-order chi connectivity index (χ1) is 15.7. The van der Waals surface area contributed by atoms with Gasteiger partial charge >= 0.3 is 12.1 Å². The lowest BCUT2D eigenvalue weighted by atomic mass is 9.99. The van der Waals surface area contributed by atoms with Crippen molar-refractivity contribution in [1.82, 2.24) is 0 Å². The van der Waals surface area contributed by atoms with Gasteiger partial charge in [0.25, 0.3) is 0 Å². The molecule has 7 nitrogen and oxygen atoms in total. The number of benzene rings is 2. The summed E-state index contributed by atoms with van der Waals surface area (Å²) in [4.78, 5) is 24.2. The zero-order chi connectivity index (χ0) is 23.8. The molecule has 1 N–H and O–H groups in total. The number of hydrogen-bond donors (Lipinski definition) is 1. The van der Waals surface area contributed by atoms with E-state index >= 15 is 0 Å². The Morgan fingerprint density at radius 2 is 1.85 bits per heavy atom. The second-order valence-corrected chi connectivity index (χ2v) is 7.38. The Kier molecular flexibility index (Phi) is 5.92. The van der Waals surface area contributed by atoms with E-state index in [1.807, 2.05) is 6.92 Å². The predicted octanol–water partition coefficient (Wildman–Crippen LogP) is 4.67. The van der Waals surface area contributed by atoms with E-state index in [-0.39, 0.29) is 34.6 Å². The number of aryl methyl sites for hydroxylation is 1. The highest BCUT2D eigenvalue weighted by atomic mass is 19.4. The molecule has 10 heteroatoms. The molecule has 0 aliphatic carbocycles. The first-order valence-electron chi connectivity index (χ1n) is 10.1. The molecule has 0 radical (unpaired) electrons. The van der Waals surface area contributed by atoms with Crippen molar-refractivity contribution in [1.29, 1.82) is 0 Å². The monoisotopic (exact) mass is 464 g/mol. The van der Waals surface area contributed by atoms with Crippen molar-refractivity contribution >= 4 is 16.9 Å². The second kappa shape index (κ2) is 8.68. The molecule has 174 valence electrons. The molecule has 0 spiro atoms. The number of ether oxygens (including phenoxy) is 3. The predicted molar refractivity (Wildman–Crippen MR) is 111 cm³/mol. The van der Waals surface area contributed by atoms with E-state index in [1.54, 1.807) is 0 Å². The Hall–Kier alpha value is -3.69. The fourth-order valence-corrected chi connectivity index (χ4v) is 3.67. The van der Waals surface area contributed by atoms with Crippen LogP contribution in [0.2, 0.25) is 0 Å². The van der Waals surface area contributed by atoms with Gasteiger partial charge in [-0.15, -0.1) is 0 Å². The number of fused-ring (bicyclic) bond motifs is 2. The lowest BCUT2D eigenvalue weighted by Gasteiger charge is -2.20. The third kappa shape index (κ3) is 4.46. The maximum atomic E-state index is 13.9. The molecule has 0 unspecified atom stereocenters. The number of carbonyl (C=O) groups is 1. The maximum absolute atomic E-state index is 13.9. The van der Waals surface area contributed by atoms with Crippen LogP contribution in [0.5, 0.6) is 17.2 Å². The smallest absolute Gasteiger partial charge is 0.450 e. The van der Waals surface area contributed by atoms with Crippen molar-refractivity contribution in [2.75, 3.05) is 19.8 Å². The molecular formula is C23H19F3O7. The summed E-state index contributed by atoms with van der Waals surface area (Å²) >= 11 is 0. The first kappa shape index (κ1) is 22.5. The standard InChI is InChI=1S/C23H19F3O7/c1-2-3-12-8-14-17(10-16(12)32-11-19(27)28)33-22(23(24,25)26)20(21(14)29)13-4-5-15-18(9-13)31-7-6-30-15/h4-5,8-10H,2-3,6-7,11H2,1H3,(H,27,28). The molecule has 4 rings (SSSR count). The minimum atomic E-state index is -4.97. The minimum absolute atomic E-state index is 0.0227. The van der Waals surface area contributed by atoms with Crippen LogP contribution in [0.3, 0.4) is 0 Å². The van der Waals surface area contributed by atoms with Crippen molar-refractivity contribution in [3.63, 3.8) is 0 Å². The zero-order valence-corrected chi connectivity index (χ0v) is 17.5. The lowest BCUT2D eigenvalue weighted by Crippen LogP contribution is -2.18. The highest BCUT2D eigenvalue weighted by molar-refractivity contribution is 5.85. The minimum Gasteiger partial charge on any atom is -0.486 e. The van der Waals surface area contributed by atoms with Gasteiger partial charge in [-0.25, -0.2) is 4.79 Å². The lowest BCUT2D eigenvalue weighted by molar-refractivity contribution is -0.152. The molecule has 1 aliphatic rings. The van der Waals surface area contributed by atoms with E-state index in [0.717, 1.165) is 6.07 Å². The van der Waals surface area contributed by atoms with E-state index in [2.05, 4.69) is 0 Å². The summed E-state index contributed by atoms with van der Waals surface area (Å²) in [6.45, 7) is 1.72. The molecule has 0 fully saturated rings. The summed E-state index contributed by atoms with van der Waals surface area (Å²) in [5.41, 5.74) is -1.40. The summed E-state index contributed by atoms with van der Waals surface area (Å²) in [6, 6.07) is 6.63. The van der Waals surface area contributed by atoms with Crippen LogP contribution in [-0.2, 0) is 17.4 Å². The number of carboxylic acid groups (broad SMARTS) is 1. The second-order valence-electron chi connectivity index (χ2n) is 7.38. The molecule has 1 aliphatic heterocycles. The summed E-state index contributed by atoms with van der Waals surface area (Å²) in [7, 11) is 0. The van der Waals surface area contributed by atoms with Gasteiger partial charge in [0.15, 0.2) is 18.1 Å². The number of rotatable bonds is 6. The molecule has 0 atom stereocenters. The van der Waals surface area contributed by atoms with E-state index < -0.39 is 35.5 Å². The van der Waals surface area contributed by atoms with Crippen molar-refractivity contribution in [2.45, 2.75) is 25.9 Å². The van der Waals surface area contributed by atoms with Crippen molar-refractivity contribution in [3.05, 3.63) is 51.9 Å². The largest absolute Gasteiger partial charge is 0.486 e. The van der Waals surface area contributed by atoms with Gasteiger partial charge in [0.05, 0.1) is 10.9 Å². The van der Waals surface area contributed by atoms with E-state index in [0.29, 0.717) is 30.8 Å². The van der Waals surface area contributed by atoms with Crippen LogP contribution in [0.25, 0.3) is 22.1 Å². The molecule has 0 saturated carbocycles. The third-order valence-electron chi connectivity index (χ3n) is 5.03. The van der Waals surface area contributed by atoms with Gasteiger partial charge in [0.2, 0.25) is 11.2 Å². The van der Waals surface area contributed by atoms with E-state index in [1.165, 1.54) is 24.3 Å². The van der Waals surface area contributed by atoms with Crippen molar-refractivity contribution < 1.29 is 41.7 Å². The summed E-state index contributed by atoms with van der Waals surface area (Å²) in [6.07, 6.45) is -3.92. The average Bonchev–Trinajstić information content (AvgIpc) is 2.77. The van der Waals surface area contributed by atoms with Gasteiger partial charge in [-0.1, -0.05) is 19.4 Å². The quantitative estimate of drug-likeness (QED) is 0.567. The van der Waals surface area contributed by atoms with Crippen LogP contribution < -0.4 is 19.6 Å². The Morgan fingerprint density at radius 1 is 1.12 bits per heavy atom. The molecule has 33 heavy (non-hydrogen) atoms. The van der Waals surface area contributed by atoms with Crippen molar-refractivity contribution in [2.24, 2.45) is 0 Å². The highest BCUT2D eigenvalue weighted by Crippen LogP contribution is 2.41. The Morgan fingerprint density at radius 3 is 2.52 bits per heavy atom. The average molecular weight is 464 g/mol. The van der Waals surface area contributed by atoms with Gasteiger partial charge in [0.1, 0.15) is 24.5 Å². The van der Waals surface area contributed by atoms with Gasteiger partial charge in [-0.2, -0.15) is 13.2 Å². The van der Waals surface area contributed by atoms with E-state index in [9.17, 15) is 22.8 Å². The number of halogens is 3. The highest BCUT2D eigenvalue weighted by Gasteiger charge is 2.39. The number of aliphatic carboxylic acids is 1. The Balaban J connectivity index is 1.96. The molecule has 2 aromatic carbocycles. The normalized spacial score (nSPS) is 13.2. The zero-order valence-electron chi connectivity index (χ0n) is 17.5. The van der Waals surface area contributed by atoms with Crippen molar-refractivity contribution in [3.8, 4) is 28.4 Å². The molecule has 0 saturated heterocycles. The number of alkyl halides is 3. The fraction of sp³-hybridized carbons (Fsp3) is 0.304. The van der Waals surface area contributed by atoms with E-state index in [4.69, 9.17) is 23.7 Å². The summed E-state index contributed by atoms with van der Waals surface area (Å²) < 4.78 is 63.1. The third-order valence-corrected chi connectivity index (χ3v) is 5.03. The molecule has 1 aromatic heterocycles. The van der Waals surface area contributed by atoms with Crippen LogP contribution in [-0.4, -0.2) is 30.9 Å². The van der Waals surface area contributed by atoms with Gasteiger partial charge < -0.3 is 23.7 Å². The van der Waals surface area contributed by atoms with Crippen LogP contribution >= 0.6 is 0 Å². The molecular weight excluding hydrogens is 445 g/mol. The summed E-state index contributed by atoms with van der Waals surface area (Å²) in [5.74, 6) is -2.06. The maximum Gasteiger partial charge on any atom is 0.450 e. The first-order valence-corrected chi connectivity index (χ1v) is 10.1. The molecule has 3 aromatic rings. The number of hydrogen-bond acceptors (Lipinski definition) is 6. The van der Waals surface area contributed by atoms with Gasteiger partial charge in [-0.3, -0.25) is 4.79 Å². The van der Waals surface area contributed by atoms with Gasteiger partial charge in [0, 0.05) is 6.07 Å². The Bertz CT molecular complexity index is 1280. The molecule has 0 amide bonds. The van der Waals surface area contributed by atoms with Crippen LogP contribution in [0.4, 0.5) is 13.2 Å². The van der Waals surface area contributed by atoms with Crippen LogP contribution in [0.15, 0.2) is 39.5 Å². The number of carboxylic acids is 1. The molecule has 2 heterocycles. The topological polar surface area (TPSA) is 95.2 Å². The summed E-state index contributed by atoms with van der Waals surface area (Å²) in [5, 5.41) is 8.81. The van der Waals surface area contributed by atoms with Crippen LogP contribution in [0.1, 0.15) is 24.7 Å². The molecule has 0 bridgehead atoms. The van der Waals surface area contributed by atoms with Gasteiger partial charge in [-0.05, 0) is 35.7 Å². The SMILES string of the molecule is CCCc1cc2c(=O)c(-c3ccc4c(c3)OCCO4)c(C(F)(F)F)oc2cc1OCC(=O)O.